The standard InChI is InChI=1S/C22H19NO3/c1-15(18-9-11-20-21(13-18)26-14-25-20)23-22(24)12-10-17-7-4-6-16-5-2-3-8-19(16)17/h2-13,15H,14H2,1H3,(H,23,24)/b12-10+/t15-/m0/s1. The van der Waals surface area contributed by atoms with E-state index in [0.717, 1.165) is 33.4 Å². The highest BCUT2D eigenvalue weighted by atomic mass is 16.7. The van der Waals surface area contributed by atoms with Gasteiger partial charge in [-0.2, -0.15) is 0 Å². The van der Waals surface area contributed by atoms with Crippen LogP contribution in [0.15, 0.2) is 66.7 Å². The minimum atomic E-state index is -0.136. The van der Waals surface area contributed by atoms with Crippen LogP contribution in [0.4, 0.5) is 0 Å². The molecule has 0 unspecified atom stereocenters. The third kappa shape index (κ3) is 3.26. The Bertz CT molecular complexity index is 988. The lowest BCUT2D eigenvalue weighted by atomic mass is 10.0. The number of benzene rings is 3. The minimum Gasteiger partial charge on any atom is -0.454 e. The van der Waals surface area contributed by atoms with Gasteiger partial charge in [-0.15, -0.1) is 0 Å². The average molecular weight is 345 g/mol. The van der Waals surface area contributed by atoms with E-state index in [1.54, 1.807) is 6.08 Å². The molecule has 26 heavy (non-hydrogen) atoms. The molecule has 0 saturated carbocycles. The number of carbonyl (C=O) groups excluding carboxylic acids is 1. The van der Waals surface area contributed by atoms with E-state index in [1.165, 1.54) is 0 Å². The van der Waals surface area contributed by atoms with Crippen molar-refractivity contribution < 1.29 is 14.3 Å². The molecule has 1 N–H and O–H groups in total. The molecule has 1 atom stereocenters. The fraction of sp³-hybridized carbons (Fsp3) is 0.136. The molecule has 4 nitrogen and oxygen atoms in total. The molecule has 3 aromatic rings. The molecule has 1 aliphatic heterocycles. The third-order valence-electron chi connectivity index (χ3n) is 4.49. The molecule has 4 rings (SSSR count). The first kappa shape index (κ1) is 16.2. The lowest BCUT2D eigenvalue weighted by Gasteiger charge is -2.13. The number of carbonyl (C=O) groups is 1. The Balaban J connectivity index is 1.47. The van der Waals surface area contributed by atoms with E-state index >= 15 is 0 Å². The predicted octanol–water partition coefficient (Wildman–Crippen LogP) is 4.46. The van der Waals surface area contributed by atoms with Gasteiger partial charge in [-0.05, 0) is 47.0 Å². The Kier molecular flexibility index (Phi) is 4.32. The zero-order valence-electron chi connectivity index (χ0n) is 14.4. The first-order chi connectivity index (χ1) is 12.7. The number of ether oxygens (including phenoxy) is 2. The van der Waals surface area contributed by atoms with Gasteiger partial charge in [0.15, 0.2) is 11.5 Å². The van der Waals surface area contributed by atoms with E-state index in [0.29, 0.717) is 0 Å². The van der Waals surface area contributed by atoms with Crippen LogP contribution in [-0.4, -0.2) is 12.7 Å². The van der Waals surface area contributed by atoms with Crippen LogP contribution in [0.3, 0.4) is 0 Å². The summed E-state index contributed by atoms with van der Waals surface area (Å²) in [4.78, 5) is 12.3. The van der Waals surface area contributed by atoms with Crippen LogP contribution in [0.2, 0.25) is 0 Å². The van der Waals surface area contributed by atoms with Gasteiger partial charge in [0.05, 0.1) is 6.04 Å². The molecular formula is C22H19NO3. The molecule has 1 aliphatic rings. The van der Waals surface area contributed by atoms with Crippen LogP contribution in [0.25, 0.3) is 16.8 Å². The van der Waals surface area contributed by atoms with Gasteiger partial charge in [0.25, 0.3) is 0 Å². The molecule has 0 bridgehead atoms. The molecule has 0 radical (unpaired) electrons. The average Bonchev–Trinajstić information content (AvgIpc) is 3.14. The zero-order valence-corrected chi connectivity index (χ0v) is 14.4. The molecule has 4 heteroatoms. The van der Waals surface area contributed by atoms with Crippen LogP contribution in [-0.2, 0) is 4.79 Å². The molecule has 1 heterocycles. The van der Waals surface area contributed by atoms with E-state index in [2.05, 4.69) is 23.5 Å². The second-order valence-corrected chi connectivity index (χ2v) is 6.24. The summed E-state index contributed by atoms with van der Waals surface area (Å²) >= 11 is 0. The summed E-state index contributed by atoms with van der Waals surface area (Å²) < 4.78 is 10.7. The summed E-state index contributed by atoms with van der Waals surface area (Å²) in [6, 6.07) is 19.8. The van der Waals surface area contributed by atoms with Gasteiger partial charge in [0.2, 0.25) is 12.7 Å². The third-order valence-corrected chi connectivity index (χ3v) is 4.49. The summed E-state index contributed by atoms with van der Waals surface area (Å²) in [6.07, 6.45) is 3.43. The lowest BCUT2D eigenvalue weighted by molar-refractivity contribution is -0.117. The Hall–Kier alpha value is -3.27. The van der Waals surface area contributed by atoms with Crippen LogP contribution in [0, 0.1) is 0 Å². The first-order valence-corrected chi connectivity index (χ1v) is 8.56. The zero-order chi connectivity index (χ0) is 17.9. The molecule has 0 spiro atoms. The van der Waals surface area contributed by atoms with Crippen LogP contribution in [0.1, 0.15) is 24.1 Å². The van der Waals surface area contributed by atoms with Crippen molar-refractivity contribution in [1.29, 1.82) is 0 Å². The SMILES string of the molecule is C[C@H](NC(=O)/C=C/c1cccc2ccccc12)c1ccc2c(c1)OCO2. The van der Waals surface area contributed by atoms with Crippen molar-refractivity contribution in [1.82, 2.24) is 5.32 Å². The van der Waals surface area contributed by atoms with Gasteiger partial charge in [-0.3, -0.25) is 4.79 Å². The van der Waals surface area contributed by atoms with E-state index in [-0.39, 0.29) is 18.7 Å². The number of hydrogen-bond acceptors (Lipinski definition) is 3. The molecule has 3 aromatic carbocycles. The second-order valence-electron chi connectivity index (χ2n) is 6.24. The van der Waals surface area contributed by atoms with E-state index in [1.807, 2.05) is 55.5 Å². The number of fused-ring (bicyclic) bond motifs is 2. The van der Waals surface area contributed by atoms with Crippen molar-refractivity contribution in [2.75, 3.05) is 6.79 Å². The first-order valence-electron chi connectivity index (χ1n) is 8.56. The maximum atomic E-state index is 12.3. The number of amides is 1. The summed E-state index contributed by atoms with van der Waals surface area (Å²) in [5.41, 5.74) is 2.00. The van der Waals surface area contributed by atoms with Gasteiger partial charge >= 0.3 is 0 Å². The minimum absolute atomic E-state index is 0.130. The normalized spacial score (nSPS) is 13.9. The summed E-state index contributed by atoms with van der Waals surface area (Å²) in [6.45, 7) is 2.19. The Labute approximate surface area is 152 Å². The lowest BCUT2D eigenvalue weighted by Crippen LogP contribution is -2.24. The van der Waals surface area contributed by atoms with Crippen molar-refractivity contribution >= 4 is 22.8 Å². The number of hydrogen-bond donors (Lipinski definition) is 1. The fourth-order valence-corrected chi connectivity index (χ4v) is 3.09. The largest absolute Gasteiger partial charge is 0.454 e. The van der Waals surface area contributed by atoms with Crippen LogP contribution >= 0.6 is 0 Å². The topological polar surface area (TPSA) is 47.6 Å². The van der Waals surface area contributed by atoms with Crippen molar-refractivity contribution in [3.8, 4) is 11.5 Å². The summed E-state index contributed by atoms with van der Waals surface area (Å²) in [5, 5.41) is 5.27. The van der Waals surface area contributed by atoms with E-state index in [9.17, 15) is 4.79 Å². The number of rotatable bonds is 4. The molecule has 1 amide bonds. The maximum Gasteiger partial charge on any atom is 0.244 e. The maximum absolute atomic E-state index is 12.3. The molecular weight excluding hydrogens is 326 g/mol. The Morgan fingerprint density at radius 3 is 2.77 bits per heavy atom. The highest BCUT2D eigenvalue weighted by Gasteiger charge is 2.16. The molecule has 0 aliphatic carbocycles. The van der Waals surface area contributed by atoms with Crippen molar-refractivity contribution in [2.45, 2.75) is 13.0 Å². The highest BCUT2D eigenvalue weighted by molar-refractivity contribution is 5.96. The van der Waals surface area contributed by atoms with E-state index < -0.39 is 0 Å². The highest BCUT2D eigenvalue weighted by Crippen LogP contribution is 2.34. The quantitative estimate of drug-likeness (QED) is 0.710. The molecule has 0 saturated heterocycles. The molecule has 0 fully saturated rings. The van der Waals surface area contributed by atoms with Crippen LogP contribution < -0.4 is 14.8 Å². The van der Waals surface area contributed by atoms with Crippen LogP contribution in [0.5, 0.6) is 11.5 Å². The van der Waals surface area contributed by atoms with Gasteiger partial charge < -0.3 is 14.8 Å². The summed E-state index contributed by atoms with van der Waals surface area (Å²) in [5.74, 6) is 1.32. The monoisotopic (exact) mass is 345 g/mol. The Morgan fingerprint density at radius 1 is 1.04 bits per heavy atom. The smallest absolute Gasteiger partial charge is 0.244 e. The van der Waals surface area contributed by atoms with Crippen molar-refractivity contribution in [2.24, 2.45) is 0 Å². The number of nitrogens with one attached hydrogen (secondary N) is 1. The van der Waals surface area contributed by atoms with Crippen molar-refractivity contribution in [3.63, 3.8) is 0 Å². The predicted molar refractivity (Wildman–Crippen MR) is 102 cm³/mol. The van der Waals surface area contributed by atoms with Gasteiger partial charge in [0.1, 0.15) is 0 Å². The molecule has 130 valence electrons. The van der Waals surface area contributed by atoms with Crippen molar-refractivity contribution in [3.05, 3.63) is 77.9 Å². The van der Waals surface area contributed by atoms with Gasteiger partial charge in [0, 0.05) is 6.08 Å². The second kappa shape index (κ2) is 6.92. The van der Waals surface area contributed by atoms with E-state index in [4.69, 9.17) is 9.47 Å². The van der Waals surface area contributed by atoms with Gasteiger partial charge in [-0.25, -0.2) is 0 Å². The van der Waals surface area contributed by atoms with Gasteiger partial charge in [-0.1, -0.05) is 48.5 Å². The fourth-order valence-electron chi connectivity index (χ4n) is 3.09. The Morgan fingerprint density at radius 2 is 1.85 bits per heavy atom. The molecule has 0 aromatic heterocycles. The summed E-state index contributed by atoms with van der Waals surface area (Å²) in [7, 11) is 0.